The first-order valence-electron chi connectivity index (χ1n) is 20.5. The molecule has 3 N–H and O–H groups in total. The molecule has 9 atom stereocenters. The number of allylic oxidation sites excluding steroid dienone is 2. The van der Waals surface area contributed by atoms with Crippen molar-refractivity contribution in [2.24, 2.45) is 29.4 Å². The Labute approximate surface area is 363 Å². The molecule has 0 fully saturated rings. The Morgan fingerprint density at radius 3 is 2.18 bits per heavy atom. The lowest BCUT2D eigenvalue weighted by Gasteiger charge is -2.31. The monoisotopic (exact) mass is 872 g/mol. The van der Waals surface area contributed by atoms with E-state index in [1.807, 2.05) is 26.8 Å². The standard InChI is InChI=1S/C44H64N4O14/c1-27(14-10-11-18-39-46-32(24-60-39)43-47-33(25-61-43)44(55)59-9)38(62-40(53)22-31(50)15-12-16-34(51)30(4)41(58-8)42(45)54)23-37(57-7)28(2)19-20-35(52)29(3)36(56-6)17-13-21-48(5)26-49/h11-13,16,18,21,24-31,36-38,41,50H,10,14-15,17,19-20,22-23H2,1-9H3,(H2,45,54)/b16-12+,18-11+,21-13+. The fourth-order valence-corrected chi connectivity index (χ4v) is 6.56. The molecule has 18 heteroatoms. The Balaban J connectivity index is 2.13. The number of hydrogen-bond acceptors (Lipinski definition) is 16. The van der Waals surface area contributed by atoms with E-state index in [0.717, 1.165) is 6.26 Å². The molecule has 0 saturated carbocycles. The molecule has 2 aromatic heterocycles. The normalized spacial score (nSPS) is 16.3. The summed E-state index contributed by atoms with van der Waals surface area (Å²) >= 11 is 0. The van der Waals surface area contributed by atoms with Crippen LogP contribution in [0, 0.1) is 23.7 Å². The van der Waals surface area contributed by atoms with Crippen molar-refractivity contribution in [1.29, 1.82) is 0 Å². The van der Waals surface area contributed by atoms with E-state index in [9.17, 15) is 33.9 Å². The number of nitrogens with two attached hydrogens (primary N) is 1. The molecule has 2 aromatic rings. The van der Waals surface area contributed by atoms with E-state index < -0.39 is 59.9 Å². The van der Waals surface area contributed by atoms with Gasteiger partial charge in [-0.1, -0.05) is 45.9 Å². The molecule has 2 amide bonds. The van der Waals surface area contributed by atoms with Gasteiger partial charge in [0.1, 0.15) is 30.5 Å². The number of methoxy groups -OCH3 is 4. The molecule has 0 aliphatic carbocycles. The predicted molar refractivity (Wildman–Crippen MR) is 226 cm³/mol. The van der Waals surface area contributed by atoms with Crippen molar-refractivity contribution < 1.29 is 66.4 Å². The van der Waals surface area contributed by atoms with Gasteiger partial charge in [-0.2, -0.15) is 0 Å². The molecule has 0 bridgehead atoms. The van der Waals surface area contributed by atoms with Crippen LogP contribution >= 0.6 is 0 Å². The molecule has 0 saturated heterocycles. The molecule has 0 aliphatic rings. The number of carbonyl (C=O) groups excluding carboxylic acids is 6. The van der Waals surface area contributed by atoms with Gasteiger partial charge in [0.15, 0.2) is 17.2 Å². The third-order valence-corrected chi connectivity index (χ3v) is 10.6. The molecule has 9 unspecified atom stereocenters. The first kappa shape index (κ1) is 52.8. The van der Waals surface area contributed by atoms with E-state index in [2.05, 4.69) is 14.7 Å². The summed E-state index contributed by atoms with van der Waals surface area (Å²) in [7, 11) is 7.24. The number of ketones is 2. The number of carbonyl (C=O) groups is 6. The average Bonchev–Trinajstić information content (AvgIpc) is 3.94. The minimum absolute atomic E-state index is 0.00606. The quantitative estimate of drug-likeness (QED) is 0.0581. The van der Waals surface area contributed by atoms with Crippen LogP contribution in [-0.4, -0.2) is 122 Å². The third-order valence-electron chi connectivity index (χ3n) is 10.6. The molecule has 344 valence electrons. The Morgan fingerprint density at radius 1 is 0.855 bits per heavy atom. The van der Waals surface area contributed by atoms with Crippen LogP contribution in [0.25, 0.3) is 17.7 Å². The summed E-state index contributed by atoms with van der Waals surface area (Å²) < 4.78 is 38.0. The second-order valence-corrected chi connectivity index (χ2v) is 15.3. The third kappa shape index (κ3) is 17.6. The Hall–Kier alpha value is -5.30. The number of esters is 2. The van der Waals surface area contributed by atoms with Gasteiger partial charge in [-0.25, -0.2) is 14.8 Å². The SMILES string of the molecule is COC(=O)c1coc(-c2coc(/C=C/CCC(C)C(CC(OC)C(C)CCC(=O)C(C)C(C/C=C/N(C)C=O)OC)OC(=O)CC(O)C/C=C/C(=O)C(C)C(OC)C(N)=O)n2)n1. The highest BCUT2D eigenvalue weighted by molar-refractivity contribution is 5.96. The fraction of sp³-hybridized carbons (Fsp3) is 0.591. The van der Waals surface area contributed by atoms with Crippen LogP contribution < -0.4 is 5.73 Å². The van der Waals surface area contributed by atoms with Crippen molar-refractivity contribution in [2.45, 2.75) is 110 Å². The largest absolute Gasteiger partial charge is 0.464 e. The Morgan fingerprint density at radius 2 is 1.55 bits per heavy atom. The summed E-state index contributed by atoms with van der Waals surface area (Å²) in [6, 6.07) is 0. The Kier molecular flexibility index (Phi) is 23.5. The molecule has 0 spiro atoms. The van der Waals surface area contributed by atoms with E-state index in [4.69, 9.17) is 33.5 Å². The lowest BCUT2D eigenvalue weighted by molar-refractivity contribution is -0.156. The number of oxazole rings is 2. The van der Waals surface area contributed by atoms with E-state index in [0.29, 0.717) is 38.5 Å². The first-order chi connectivity index (χ1) is 29.5. The maximum Gasteiger partial charge on any atom is 0.360 e. The topological polar surface area (TPSA) is 250 Å². The number of primary amides is 1. The Bertz CT molecular complexity index is 1820. The van der Waals surface area contributed by atoms with Gasteiger partial charge in [0.2, 0.25) is 24.1 Å². The van der Waals surface area contributed by atoms with Gasteiger partial charge < -0.3 is 48.3 Å². The van der Waals surface area contributed by atoms with Gasteiger partial charge in [-0.05, 0) is 56.1 Å². The van der Waals surface area contributed by atoms with Gasteiger partial charge in [0.05, 0.1) is 37.8 Å². The van der Waals surface area contributed by atoms with Gasteiger partial charge in [-0.15, -0.1) is 0 Å². The van der Waals surface area contributed by atoms with Crippen molar-refractivity contribution in [2.75, 3.05) is 35.5 Å². The summed E-state index contributed by atoms with van der Waals surface area (Å²) in [5.74, 6) is -3.65. The minimum Gasteiger partial charge on any atom is -0.464 e. The number of aromatic nitrogens is 2. The molecule has 0 aromatic carbocycles. The number of nitrogens with zero attached hydrogens (tertiary/aromatic N) is 3. The molecule has 62 heavy (non-hydrogen) atoms. The summed E-state index contributed by atoms with van der Waals surface area (Å²) in [4.78, 5) is 83.1. The van der Waals surface area contributed by atoms with Crippen LogP contribution in [0.5, 0.6) is 0 Å². The molecular formula is C44H64N4O14. The number of aliphatic hydroxyl groups is 1. The first-order valence-corrected chi connectivity index (χ1v) is 20.5. The van der Waals surface area contributed by atoms with Crippen molar-refractivity contribution in [3.63, 3.8) is 0 Å². The zero-order valence-electron chi connectivity index (χ0n) is 37.2. The number of hydrogen-bond donors (Lipinski definition) is 2. The highest BCUT2D eigenvalue weighted by Crippen LogP contribution is 2.28. The second-order valence-electron chi connectivity index (χ2n) is 15.3. The molecular weight excluding hydrogens is 808 g/mol. The average molecular weight is 873 g/mol. The predicted octanol–water partition coefficient (Wildman–Crippen LogP) is 4.89. The minimum atomic E-state index is -1.16. The smallest absolute Gasteiger partial charge is 0.360 e. The van der Waals surface area contributed by atoms with Crippen LogP contribution in [0.15, 0.2) is 51.9 Å². The van der Waals surface area contributed by atoms with E-state index >= 15 is 0 Å². The zero-order valence-corrected chi connectivity index (χ0v) is 37.2. The van der Waals surface area contributed by atoms with Gasteiger partial charge in [-0.3, -0.25) is 24.0 Å². The van der Waals surface area contributed by atoms with E-state index in [-0.39, 0.29) is 66.2 Å². The molecule has 0 aliphatic heterocycles. The molecule has 2 rings (SSSR count). The maximum atomic E-state index is 13.3. The number of rotatable bonds is 31. The number of amides is 2. The van der Waals surface area contributed by atoms with E-state index in [1.165, 1.54) is 44.5 Å². The van der Waals surface area contributed by atoms with Crippen molar-refractivity contribution >= 4 is 41.9 Å². The van der Waals surface area contributed by atoms with Crippen LogP contribution in [0.1, 0.15) is 95.4 Å². The fourth-order valence-electron chi connectivity index (χ4n) is 6.56. The van der Waals surface area contributed by atoms with Crippen molar-refractivity contribution in [3.05, 3.63) is 54.6 Å². The van der Waals surface area contributed by atoms with Crippen LogP contribution in [0.4, 0.5) is 0 Å². The van der Waals surface area contributed by atoms with Crippen molar-refractivity contribution in [1.82, 2.24) is 14.9 Å². The molecule has 0 radical (unpaired) electrons. The molecule has 18 nitrogen and oxygen atoms in total. The van der Waals surface area contributed by atoms with Gasteiger partial charge in [0.25, 0.3) is 0 Å². The number of ether oxygens (including phenoxy) is 5. The summed E-state index contributed by atoms with van der Waals surface area (Å²) in [5, 5.41) is 10.7. The van der Waals surface area contributed by atoms with Crippen molar-refractivity contribution in [3.8, 4) is 11.6 Å². The van der Waals surface area contributed by atoms with Crippen LogP contribution in [0.3, 0.4) is 0 Å². The summed E-state index contributed by atoms with van der Waals surface area (Å²) in [6.45, 7) is 7.24. The van der Waals surface area contributed by atoms with Gasteiger partial charge >= 0.3 is 11.9 Å². The lowest BCUT2D eigenvalue weighted by Crippen LogP contribution is -2.38. The van der Waals surface area contributed by atoms with Crippen LogP contribution in [-0.2, 0) is 47.7 Å². The molecule has 2 heterocycles. The van der Waals surface area contributed by atoms with E-state index in [1.54, 1.807) is 39.6 Å². The highest BCUT2D eigenvalue weighted by atomic mass is 16.5. The van der Waals surface area contributed by atoms with Gasteiger partial charge in [0, 0.05) is 53.3 Å². The number of aliphatic hydroxyl groups excluding tert-OH is 1. The summed E-state index contributed by atoms with van der Waals surface area (Å²) in [5.41, 5.74) is 5.58. The lowest BCUT2D eigenvalue weighted by atomic mass is 9.86. The second kappa shape index (κ2) is 27.6. The maximum absolute atomic E-state index is 13.3. The number of Topliss-reactive ketones (excluding diaryl/α,β-unsaturated/α-hetero) is 1. The van der Waals surface area contributed by atoms with Crippen LogP contribution in [0.2, 0.25) is 0 Å². The zero-order chi connectivity index (χ0) is 46.4. The highest BCUT2D eigenvalue weighted by Gasteiger charge is 2.31. The summed E-state index contributed by atoms with van der Waals surface area (Å²) in [6.07, 6.45) is 11.3.